The molecule has 0 radical (unpaired) electrons. The molecular weight excluding hydrogens is 188 g/mol. The normalized spacial score (nSPS) is 10.2. The fourth-order valence-electron chi connectivity index (χ4n) is 1.47. The molecule has 0 spiro atoms. The summed E-state index contributed by atoms with van der Waals surface area (Å²) in [6, 6.07) is 12.4. The highest BCUT2D eigenvalue weighted by Gasteiger charge is 2.01. The standard InChI is InChI=1S/C13H12O2/c1-9-5-6-11(8-13(9)15)10-3-2-4-12(14)7-10/h2-8,14-15H,1H3. The number of hydrogen-bond acceptors (Lipinski definition) is 2. The minimum atomic E-state index is 0.229. The number of aromatic hydroxyl groups is 2. The molecule has 2 nitrogen and oxygen atoms in total. The Morgan fingerprint density at radius 3 is 2.27 bits per heavy atom. The molecule has 0 heterocycles. The van der Waals surface area contributed by atoms with Crippen LogP contribution in [0.4, 0.5) is 0 Å². The Morgan fingerprint density at radius 1 is 0.867 bits per heavy atom. The lowest BCUT2D eigenvalue weighted by molar-refractivity contribution is 0.471. The molecule has 0 unspecified atom stereocenters. The highest BCUT2D eigenvalue weighted by molar-refractivity contribution is 5.67. The van der Waals surface area contributed by atoms with Gasteiger partial charge >= 0.3 is 0 Å². The SMILES string of the molecule is Cc1ccc(-c2cccc(O)c2)cc1O. The second-order valence-electron chi connectivity index (χ2n) is 3.55. The van der Waals surface area contributed by atoms with E-state index in [0.717, 1.165) is 16.7 Å². The molecule has 0 saturated heterocycles. The third-order valence-corrected chi connectivity index (χ3v) is 2.39. The molecule has 0 bridgehead atoms. The van der Waals surface area contributed by atoms with E-state index in [9.17, 15) is 10.2 Å². The van der Waals surface area contributed by atoms with E-state index in [2.05, 4.69) is 0 Å². The van der Waals surface area contributed by atoms with Gasteiger partial charge in [0.1, 0.15) is 11.5 Å². The zero-order valence-corrected chi connectivity index (χ0v) is 8.44. The Kier molecular flexibility index (Phi) is 2.34. The monoisotopic (exact) mass is 200 g/mol. The van der Waals surface area contributed by atoms with E-state index in [1.54, 1.807) is 24.3 Å². The number of phenolic OH excluding ortho intramolecular Hbond substituents is 2. The minimum Gasteiger partial charge on any atom is -0.508 e. The van der Waals surface area contributed by atoms with Gasteiger partial charge < -0.3 is 10.2 Å². The summed E-state index contributed by atoms with van der Waals surface area (Å²) in [4.78, 5) is 0. The average Bonchev–Trinajstić information content (AvgIpc) is 2.22. The molecule has 76 valence electrons. The second kappa shape index (κ2) is 3.65. The number of aryl methyl sites for hydroxylation is 1. The third-order valence-electron chi connectivity index (χ3n) is 2.39. The van der Waals surface area contributed by atoms with Crippen molar-refractivity contribution in [1.29, 1.82) is 0 Å². The van der Waals surface area contributed by atoms with E-state index in [1.165, 1.54) is 0 Å². The summed E-state index contributed by atoms with van der Waals surface area (Å²) in [5, 5.41) is 18.9. The van der Waals surface area contributed by atoms with E-state index in [1.807, 2.05) is 25.1 Å². The Labute approximate surface area is 88.4 Å². The van der Waals surface area contributed by atoms with Crippen molar-refractivity contribution >= 4 is 0 Å². The average molecular weight is 200 g/mol. The molecule has 0 saturated carbocycles. The van der Waals surface area contributed by atoms with Crippen LogP contribution >= 0.6 is 0 Å². The Bertz CT molecular complexity index is 490. The molecule has 2 aromatic rings. The largest absolute Gasteiger partial charge is 0.508 e. The van der Waals surface area contributed by atoms with Gasteiger partial charge in [-0.05, 0) is 41.8 Å². The molecule has 15 heavy (non-hydrogen) atoms. The van der Waals surface area contributed by atoms with Crippen molar-refractivity contribution in [1.82, 2.24) is 0 Å². The highest BCUT2D eigenvalue weighted by Crippen LogP contribution is 2.27. The van der Waals surface area contributed by atoms with Gasteiger partial charge in [0.25, 0.3) is 0 Å². The molecule has 0 fully saturated rings. The number of phenols is 2. The summed E-state index contributed by atoms with van der Waals surface area (Å²) in [5.41, 5.74) is 2.64. The van der Waals surface area contributed by atoms with Crippen LogP contribution in [-0.4, -0.2) is 10.2 Å². The topological polar surface area (TPSA) is 40.5 Å². The lowest BCUT2D eigenvalue weighted by atomic mass is 10.0. The Morgan fingerprint density at radius 2 is 1.60 bits per heavy atom. The maximum absolute atomic E-state index is 9.57. The van der Waals surface area contributed by atoms with E-state index < -0.39 is 0 Å². The molecule has 2 rings (SSSR count). The lowest BCUT2D eigenvalue weighted by Gasteiger charge is -2.04. The second-order valence-corrected chi connectivity index (χ2v) is 3.55. The zero-order valence-electron chi connectivity index (χ0n) is 8.44. The molecule has 2 N–H and O–H groups in total. The Balaban J connectivity index is 2.50. The first-order chi connectivity index (χ1) is 7.16. The molecule has 0 amide bonds. The van der Waals surface area contributed by atoms with Crippen LogP contribution in [0.2, 0.25) is 0 Å². The van der Waals surface area contributed by atoms with Crippen LogP contribution < -0.4 is 0 Å². The van der Waals surface area contributed by atoms with Crippen molar-refractivity contribution in [3.05, 3.63) is 48.0 Å². The van der Waals surface area contributed by atoms with Crippen LogP contribution in [0.25, 0.3) is 11.1 Å². The molecule has 0 aliphatic heterocycles. The van der Waals surface area contributed by atoms with Crippen LogP contribution in [0, 0.1) is 6.92 Å². The van der Waals surface area contributed by atoms with Crippen molar-refractivity contribution in [3.8, 4) is 22.6 Å². The third kappa shape index (κ3) is 1.94. The number of hydrogen-bond donors (Lipinski definition) is 2. The molecular formula is C13H12O2. The lowest BCUT2D eigenvalue weighted by Crippen LogP contribution is -1.79. The molecule has 0 aromatic heterocycles. The quantitative estimate of drug-likeness (QED) is 0.742. The fourth-order valence-corrected chi connectivity index (χ4v) is 1.47. The zero-order chi connectivity index (χ0) is 10.8. The van der Waals surface area contributed by atoms with Gasteiger partial charge in [-0.2, -0.15) is 0 Å². The van der Waals surface area contributed by atoms with Crippen molar-refractivity contribution in [2.24, 2.45) is 0 Å². The van der Waals surface area contributed by atoms with Crippen LogP contribution in [0.1, 0.15) is 5.56 Å². The van der Waals surface area contributed by atoms with Crippen molar-refractivity contribution in [3.63, 3.8) is 0 Å². The maximum Gasteiger partial charge on any atom is 0.119 e. The van der Waals surface area contributed by atoms with Crippen LogP contribution in [-0.2, 0) is 0 Å². The summed E-state index contributed by atoms with van der Waals surface area (Å²) in [5.74, 6) is 0.503. The molecule has 0 aliphatic carbocycles. The van der Waals surface area contributed by atoms with E-state index in [-0.39, 0.29) is 11.5 Å². The van der Waals surface area contributed by atoms with Gasteiger partial charge in [0.15, 0.2) is 0 Å². The highest BCUT2D eigenvalue weighted by atomic mass is 16.3. The van der Waals surface area contributed by atoms with Gasteiger partial charge in [0.2, 0.25) is 0 Å². The number of benzene rings is 2. The predicted octanol–water partition coefficient (Wildman–Crippen LogP) is 3.07. The predicted molar refractivity (Wildman–Crippen MR) is 59.9 cm³/mol. The van der Waals surface area contributed by atoms with E-state index >= 15 is 0 Å². The van der Waals surface area contributed by atoms with Gasteiger partial charge in [0, 0.05) is 0 Å². The summed E-state index contributed by atoms with van der Waals surface area (Å²) >= 11 is 0. The molecule has 2 heteroatoms. The fraction of sp³-hybridized carbons (Fsp3) is 0.0769. The summed E-state index contributed by atoms with van der Waals surface area (Å²) in [7, 11) is 0. The van der Waals surface area contributed by atoms with Gasteiger partial charge in [-0.15, -0.1) is 0 Å². The maximum atomic E-state index is 9.57. The van der Waals surface area contributed by atoms with Gasteiger partial charge in [-0.3, -0.25) is 0 Å². The molecule has 0 aliphatic rings. The first-order valence-corrected chi connectivity index (χ1v) is 4.76. The smallest absolute Gasteiger partial charge is 0.119 e. The van der Waals surface area contributed by atoms with Crippen LogP contribution in [0.15, 0.2) is 42.5 Å². The van der Waals surface area contributed by atoms with Gasteiger partial charge in [0.05, 0.1) is 0 Å². The van der Waals surface area contributed by atoms with E-state index in [0.29, 0.717) is 0 Å². The van der Waals surface area contributed by atoms with Crippen LogP contribution in [0.5, 0.6) is 11.5 Å². The summed E-state index contributed by atoms with van der Waals surface area (Å²) in [6.07, 6.45) is 0. The van der Waals surface area contributed by atoms with E-state index in [4.69, 9.17) is 0 Å². The van der Waals surface area contributed by atoms with Gasteiger partial charge in [-0.1, -0.05) is 24.3 Å². The number of rotatable bonds is 1. The summed E-state index contributed by atoms with van der Waals surface area (Å²) < 4.78 is 0. The summed E-state index contributed by atoms with van der Waals surface area (Å²) in [6.45, 7) is 1.85. The van der Waals surface area contributed by atoms with Crippen LogP contribution in [0.3, 0.4) is 0 Å². The molecule has 0 atom stereocenters. The minimum absolute atomic E-state index is 0.229. The first kappa shape index (κ1) is 9.59. The Hall–Kier alpha value is -1.96. The molecule has 2 aromatic carbocycles. The first-order valence-electron chi connectivity index (χ1n) is 4.76. The van der Waals surface area contributed by atoms with Crippen molar-refractivity contribution in [2.75, 3.05) is 0 Å². The van der Waals surface area contributed by atoms with Gasteiger partial charge in [-0.25, -0.2) is 0 Å². The van der Waals surface area contributed by atoms with Crippen molar-refractivity contribution < 1.29 is 10.2 Å². The van der Waals surface area contributed by atoms with Crippen molar-refractivity contribution in [2.45, 2.75) is 6.92 Å².